The van der Waals surface area contributed by atoms with E-state index in [-0.39, 0.29) is 11.9 Å². The maximum atomic E-state index is 12.8. The minimum atomic E-state index is -0.651. The van der Waals surface area contributed by atoms with Gasteiger partial charge in [-0.25, -0.2) is 0 Å². The van der Waals surface area contributed by atoms with Gasteiger partial charge in [-0.05, 0) is 56.8 Å². The van der Waals surface area contributed by atoms with Crippen molar-refractivity contribution in [3.63, 3.8) is 0 Å². The lowest BCUT2D eigenvalue weighted by atomic mass is 9.83. The van der Waals surface area contributed by atoms with Crippen LogP contribution in [0.4, 0.5) is 0 Å². The molecule has 0 bridgehead atoms. The van der Waals surface area contributed by atoms with Crippen LogP contribution in [0, 0.1) is 5.92 Å². The lowest BCUT2D eigenvalue weighted by Crippen LogP contribution is -2.47. The molecule has 0 heterocycles. The van der Waals surface area contributed by atoms with Crippen molar-refractivity contribution in [3.05, 3.63) is 23.8 Å². The van der Waals surface area contributed by atoms with Gasteiger partial charge < -0.3 is 20.5 Å². The topological polar surface area (TPSA) is 73.6 Å². The molecule has 1 aromatic rings. The molecule has 5 heteroatoms. The minimum absolute atomic E-state index is 0.0232. The monoisotopic (exact) mass is 320 g/mol. The third-order valence-corrected chi connectivity index (χ3v) is 4.95. The average Bonchev–Trinajstić information content (AvgIpc) is 3.01. The van der Waals surface area contributed by atoms with Crippen LogP contribution in [0.1, 0.15) is 38.7 Å². The molecule has 3 N–H and O–H groups in total. The van der Waals surface area contributed by atoms with Gasteiger partial charge in [-0.1, -0.05) is 12.5 Å². The number of rotatable bonds is 6. The van der Waals surface area contributed by atoms with E-state index >= 15 is 0 Å². The summed E-state index contributed by atoms with van der Waals surface area (Å²) >= 11 is 0. The van der Waals surface area contributed by atoms with Gasteiger partial charge in [-0.2, -0.15) is 0 Å². The molecule has 1 amide bonds. The molecule has 0 radical (unpaired) electrons. The summed E-state index contributed by atoms with van der Waals surface area (Å²) in [6.07, 6.45) is 3.23. The highest BCUT2D eigenvalue weighted by molar-refractivity contribution is 5.87. The highest BCUT2D eigenvalue weighted by atomic mass is 16.5. The number of ether oxygens (including phenoxy) is 2. The first-order valence-corrected chi connectivity index (χ1v) is 8.17. The Bertz CT molecular complexity index is 557. The molecule has 0 aromatic heterocycles. The summed E-state index contributed by atoms with van der Waals surface area (Å²) < 4.78 is 10.6. The predicted molar refractivity (Wildman–Crippen MR) is 90.9 cm³/mol. The van der Waals surface area contributed by atoms with Crippen LogP contribution in [0.3, 0.4) is 0 Å². The number of amides is 1. The molecule has 23 heavy (non-hydrogen) atoms. The van der Waals surface area contributed by atoms with Crippen molar-refractivity contribution >= 4 is 5.91 Å². The summed E-state index contributed by atoms with van der Waals surface area (Å²) in [6.45, 7) is 4.48. The molecule has 0 aliphatic heterocycles. The van der Waals surface area contributed by atoms with Crippen LogP contribution in [-0.4, -0.2) is 32.7 Å². The van der Waals surface area contributed by atoms with E-state index in [4.69, 9.17) is 15.2 Å². The molecule has 2 atom stereocenters. The predicted octanol–water partition coefficient (Wildman–Crippen LogP) is 2.22. The number of hydrogen-bond acceptors (Lipinski definition) is 4. The van der Waals surface area contributed by atoms with Crippen molar-refractivity contribution in [2.24, 2.45) is 11.7 Å². The zero-order chi connectivity index (χ0) is 17.0. The summed E-state index contributed by atoms with van der Waals surface area (Å²) in [5.74, 6) is 1.70. The summed E-state index contributed by atoms with van der Waals surface area (Å²) in [4.78, 5) is 12.8. The molecule has 0 spiro atoms. The number of hydrogen-bond donors (Lipinski definition) is 2. The van der Waals surface area contributed by atoms with Crippen LogP contribution in [-0.2, 0) is 10.2 Å². The third kappa shape index (κ3) is 3.61. The van der Waals surface area contributed by atoms with Crippen molar-refractivity contribution < 1.29 is 14.3 Å². The molecule has 1 aliphatic carbocycles. The molecule has 5 nitrogen and oxygen atoms in total. The Morgan fingerprint density at radius 3 is 2.57 bits per heavy atom. The van der Waals surface area contributed by atoms with Crippen molar-refractivity contribution in [2.75, 3.05) is 20.8 Å². The summed E-state index contributed by atoms with van der Waals surface area (Å²) in [5, 5.41) is 3.19. The fourth-order valence-electron chi connectivity index (χ4n) is 3.21. The minimum Gasteiger partial charge on any atom is -0.493 e. The van der Waals surface area contributed by atoms with Gasteiger partial charge in [0.15, 0.2) is 11.5 Å². The molecule has 2 rings (SSSR count). The van der Waals surface area contributed by atoms with E-state index in [1.165, 1.54) is 0 Å². The number of carbonyl (C=O) groups excluding carboxylic acids is 1. The fourth-order valence-corrected chi connectivity index (χ4v) is 3.21. The van der Waals surface area contributed by atoms with E-state index in [9.17, 15) is 4.79 Å². The number of benzene rings is 1. The Labute approximate surface area is 138 Å². The van der Waals surface area contributed by atoms with Gasteiger partial charge in [0, 0.05) is 6.04 Å². The number of carbonyl (C=O) groups is 1. The van der Waals surface area contributed by atoms with Gasteiger partial charge in [0.05, 0.1) is 19.6 Å². The van der Waals surface area contributed by atoms with Crippen LogP contribution in [0.5, 0.6) is 11.5 Å². The van der Waals surface area contributed by atoms with E-state index in [0.717, 1.165) is 24.8 Å². The normalized spacial score (nSPS) is 21.1. The van der Waals surface area contributed by atoms with Crippen LogP contribution >= 0.6 is 0 Å². The van der Waals surface area contributed by atoms with Gasteiger partial charge in [0.25, 0.3) is 0 Å². The van der Waals surface area contributed by atoms with Gasteiger partial charge in [0.2, 0.25) is 5.91 Å². The van der Waals surface area contributed by atoms with Crippen molar-refractivity contribution in [1.82, 2.24) is 5.32 Å². The molecule has 1 fully saturated rings. The number of nitrogens with one attached hydrogen (secondary N) is 1. The zero-order valence-corrected chi connectivity index (χ0v) is 14.5. The number of methoxy groups -OCH3 is 2. The first kappa shape index (κ1) is 17.6. The molecule has 128 valence electrons. The zero-order valence-electron chi connectivity index (χ0n) is 14.5. The second kappa shape index (κ2) is 7.21. The maximum absolute atomic E-state index is 12.8. The Morgan fingerprint density at radius 1 is 1.26 bits per heavy atom. The van der Waals surface area contributed by atoms with E-state index in [1.807, 2.05) is 32.0 Å². The van der Waals surface area contributed by atoms with Crippen LogP contribution in [0.15, 0.2) is 18.2 Å². The SMILES string of the molecule is COc1ccc(C(C)(C)C(=O)NC2CCCC2CN)cc1OC. The summed E-state index contributed by atoms with van der Waals surface area (Å²) in [7, 11) is 3.20. The molecule has 0 saturated heterocycles. The van der Waals surface area contributed by atoms with Crippen LogP contribution < -0.4 is 20.5 Å². The van der Waals surface area contributed by atoms with E-state index in [1.54, 1.807) is 14.2 Å². The third-order valence-electron chi connectivity index (χ3n) is 4.95. The standard InChI is InChI=1S/C18H28N2O3/c1-18(2,13-8-9-15(22-3)16(10-13)23-4)17(21)20-14-7-5-6-12(14)11-19/h8-10,12,14H,5-7,11,19H2,1-4H3,(H,20,21). The summed E-state index contributed by atoms with van der Waals surface area (Å²) in [6, 6.07) is 5.80. The summed E-state index contributed by atoms with van der Waals surface area (Å²) in [5.41, 5.74) is 6.05. The fraction of sp³-hybridized carbons (Fsp3) is 0.611. The lowest BCUT2D eigenvalue weighted by molar-refractivity contribution is -0.126. The first-order valence-electron chi connectivity index (χ1n) is 8.17. The maximum Gasteiger partial charge on any atom is 0.230 e. The first-order chi connectivity index (χ1) is 10.9. The average molecular weight is 320 g/mol. The second-order valence-electron chi connectivity index (χ2n) is 6.70. The number of nitrogens with two attached hydrogens (primary N) is 1. The molecule has 1 saturated carbocycles. The van der Waals surface area contributed by atoms with E-state index in [0.29, 0.717) is 24.0 Å². The second-order valence-corrected chi connectivity index (χ2v) is 6.70. The highest BCUT2D eigenvalue weighted by Gasteiger charge is 2.35. The van der Waals surface area contributed by atoms with Crippen molar-refractivity contribution in [1.29, 1.82) is 0 Å². The van der Waals surface area contributed by atoms with Crippen LogP contribution in [0.25, 0.3) is 0 Å². The highest BCUT2D eigenvalue weighted by Crippen LogP contribution is 2.34. The van der Waals surface area contributed by atoms with Crippen LogP contribution in [0.2, 0.25) is 0 Å². The quantitative estimate of drug-likeness (QED) is 0.843. The van der Waals surface area contributed by atoms with E-state index < -0.39 is 5.41 Å². The Morgan fingerprint density at radius 2 is 1.96 bits per heavy atom. The molecule has 2 unspecified atom stereocenters. The van der Waals surface area contributed by atoms with Gasteiger partial charge >= 0.3 is 0 Å². The van der Waals surface area contributed by atoms with Crippen molar-refractivity contribution in [3.8, 4) is 11.5 Å². The van der Waals surface area contributed by atoms with Gasteiger partial charge in [0.1, 0.15) is 0 Å². The van der Waals surface area contributed by atoms with Gasteiger partial charge in [-0.15, -0.1) is 0 Å². The molecule has 1 aliphatic rings. The van der Waals surface area contributed by atoms with Crippen molar-refractivity contribution in [2.45, 2.75) is 44.6 Å². The molecular formula is C18H28N2O3. The molecule has 1 aromatic carbocycles. The Hall–Kier alpha value is -1.75. The lowest BCUT2D eigenvalue weighted by Gasteiger charge is -2.29. The van der Waals surface area contributed by atoms with E-state index in [2.05, 4.69) is 5.32 Å². The Balaban J connectivity index is 2.18. The van der Waals surface area contributed by atoms with Gasteiger partial charge in [-0.3, -0.25) is 4.79 Å². The smallest absolute Gasteiger partial charge is 0.230 e. The Kier molecular flexibility index (Phi) is 5.52. The largest absolute Gasteiger partial charge is 0.493 e. The molecular weight excluding hydrogens is 292 g/mol.